The Hall–Kier alpha value is -1.91. The second kappa shape index (κ2) is 6.50. The van der Waals surface area contributed by atoms with Crippen LogP contribution >= 0.6 is 0 Å². The van der Waals surface area contributed by atoms with E-state index in [1.807, 2.05) is 0 Å². The summed E-state index contributed by atoms with van der Waals surface area (Å²) in [6, 6.07) is 2.51. The van der Waals surface area contributed by atoms with Gasteiger partial charge in [0.25, 0.3) is 5.69 Å². The predicted octanol–water partition coefficient (Wildman–Crippen LogP) is 1.90. The van der Waals surface area contributed by atoms with E-state index in [1.165, 1.54) is 6.07 Å². The minimum Gasteiger partial charge on any atom is -0.258 e. The lowest BCUT2D eigenvalue weighted by atomic mass is 10.1. The average molecular weight is 296 g/mol. The van der Waals surface area contributed by atoms with Crippen LogP contribution in [0.3, 0.4) is 0 Å². The Labute approximate surface area is 118 Å². The van der Waals surface area contributed by atoms with Crippen LogP contribution in [0.25, 0.3) is 0 Å². The monoisotopic (exact) mass is 296 g/mol. The van der Waals surface area contributed by atoms with Crippen molar-refractivity contribution in [2.45, 2.75) is 32.1 Å². The number of rotatable bonds is 5. The summed E-state index contributed by atoms with van der Waals surface area (Å²) in [6.07, 6.45) is 0.392. The molecule has 0 radical (unpaired) electrons. The first-order valence-electron chi connectivity index (χ1n) is 5.94. The highest BCUT2D eigenvalue weighted by Gasteiger charge is 2.21. The molecule has 0 aliphatic heterocycles. The van der Waals surface area contributed by atoms with Gasteiger partial charge in [0.2, 0.25) is 10.0 Å². The Morgan fingerprint density at radius 1 is 1.35 bits per heavy atom. The molecule has 7 heteroatoms. The van der Waals surface area contributed by atoms with E-state index in [9.17, 15) is 18.5 Å². The van der Waals surface area contributed by atoms with Crippen molar-refractivity contribution < 1.29 is 13.3 Å². The molecular formula is C13H16N2O4S. The van der Waals surface area contributed by atoms with E-state index in [1.54, 1.807) is 20.8 Å². The maximum atomic E-state index is 12.1. The average Bonchev–Trinajstić information content (AvgIpc) is 2.37. The largest absolute Gasteiger partial charge is 0.273 e. The van der Waals surface area contributed by atoms with Gasteiger partial charge >= 0.3 is 0 Å². The molecule has 0 atom stereocenters. The molecule has 6 nitrogen and oxygen atoms in total. The second-order valence-electron chi connectivity index (χ2n) is 4.22. The molecule has 108 valence electrons. The normalized spacial score (nSPS) is 10.8. The number of benzene rings is 1. The molecule has 1 rings (SSSR count). The molecule has 1 aromatic carbocycles. The fraction of sp³-hybridized carbons (Fsp3) is 0.385. The van der Waals surface area contributed by atoms with E-state index < -0.39 is 14.9 Å². The van der Waals surface area contributed by atoms with Crippen LogP contribution in [0, 0.1) is 35.8 Å². The Balaban J connectivity index is 3.11. The Bertz CT molecular complexity index is 684. The first-order chi connectivity index (χ1) is 9.29. The van der Waals surface area contributed by atoms with E-state index in [0.717, 1.165) is 6.07 Å². The molecule has 20 heavy (non-hydrogen) atoms. The fourth-order valence-electron chi connectivity index (χ4n) is 1.61. The van der Waals surface area contributed by atoms with Crippen molar-refractivity contribution in [1.29, 1.82) is 0 Å². The summed E-state index contributed by atoms with van der Waals surface area (Å²) in [5.41, 5.74) is 0.831. The molecule has 0 saturated carbocycles. The first kappa shape index (κ1) is 16.1. The molecule has 0 amide bonds. The topological polar surface area (TPSA) is 89.3 Å². The van der Waals surface area contributed by atoms with Gasteiger partial charge in [0, 0.05) is 24.6 Å². The van der Waals surface area contributed by atoms with Gasteiger partial charge in [-0.25, -0.2) is 13.1 Å². The van der Waals surface area contributed by atoms with Gasteiger partial charge in [-0.15, -0.1) is 11.8 Å². The summed E-state index contributed by atoms with van der Waals surface area (Å²) in [7, 11) is -3.76. The van der Waals surface area contributed by atoms with Crippen LogP contribution < -0.4 is 4.72 Å². The van der Waals surface area contributed by atoms with E-state index in [-0.39, 0.29) is 17.1 Å². The third-order valence-electron chi connectivity index (χ3n) is 2.84. The second-order valence-corrected chi connectivity index (χ2v) is 5.98. The highest BCUT2D eigenvalue weighted by atomic mass is 32.2. The highest BCUT2D eigenvalue weighted by Crippen LogP contribution is 2.25. The van der Waals surface area contributed by atoms with Crippen molar-refractivity contribution in [2.75, 3.05) is 6.54 Å². The van der Waals surface area contributed by atoms with E-state index >= 15 is 0 Å². The Morgan fingerprint density at radius 3 is 2.55 bits per heavy atom. The molecule has 0 fully saturated rings. The van der Waals surface area contributed by atoms with Crippen LogP contribution in [0.15, 0.2) is 17.0 Å². The molecule has 0 aromatic heterocycles. The summed E-state index contributed by atoms with van der Waals surface area (Å²) in [6.45, 7) is 5.07. The third kappa shape index (κ3) is 3.79. The van der Waals surface area contributed by atoms with Crippen LogP contribution in [-0.4, -0.2) is 19.9 Å². The van der Waals surface area contributed by atoms with Crippen LogP contribution in [0.4, 0.5) is 5.69 Å². The molecule has 0 aliphatic carbocycles. The van der Waals surface area contributed by atoms with Crippen molar-refractivity contribution in [3.63, 3.8) is 0 Å². The number of aryl methyl sites for hydroxylation is 1. The SMILES string of the molecule is CC#CCCNS(=O)(=O)c1cc(C)c(C)c([N+](=O)[O-])c1. The van der Waals surface area contributed by atoms with Gasteiger partial charge in [-0.2, -0.15) is 0 Å². The molecule has 0 spiro atoms. The van der Waals surface area contributed by atoms with Crippen molar-refractivity contribution in [3.8, 4) is 11.8 Å². The van der Waals surface area contributed by atoms with Gasteiger partial charge in [-0.3, -0.25) is 10.1 Å². The quantitative estimate of drug-likeness (QED) is 0.389. The number of sulfonamides is 1. The van der Waals surface area contributed by atoms with Gasteiger partial charge in [0.1, 0.15) is 0 Å². The molecule has 0 heterocycles. The molecular weight excluding hydrogens is 280 g/mol. The highest BCUT2D eigenvalue weighted by molar-refractivity contribution is 7.89. The third-order valence-corrected chi connectivity index (χ3v) is 4.28. The van der Waals surface area contributed by atoms with Gasteiger partial charge in [-0.05, 0) is 32.4 Å². The molecule has 1 aromatic rings. The minimum atomic E-state index is -3.76. The lowest BCUT2D eigenvalue weighted by Crippen LogP contribution is -2.24. The Kier molecular flexibility index (Phi) is 5.25. The number of nitro benzene ring substituents is 1. The zero-order valence-corrected chi connectivity index (χ0v) is 12.4. The summed E-state index contributed by atoms with van der Waals surface area (Å²) >= 11 is 0. The number of nitro groups is 1. The van der Waals surface area contributed by atoms with Crippen LogP contribution in [0.1, 0.15) is 24.5 Å². The molecule has 1 N–H and O–H groups in total. The van der Waals surface area contributed by atoms with Gasteiger partial charge in [-0.1, -0.05) is 0 Å². The van der Waals surface area contributed by atoms with E-state index in [0.29, 0.717) is 17.5 Å². The maximum absolute atomic E-state index is 12.1. The smallest absolute Gasteiger partial charge is 0.258 e. The minimum absolute atomic E-state index is 0.100. The van der Waals surface area contributed by atoms with Crippen molar-refractivity contribution in [2.24, 2.45) is 0 Å². The first-order valence-corrected chi connectivity index (χ1v) is 7.43. The summed E-state index contributed by atoms with van der Waals surface area (Å²) in [4.78, 5) is 10.2. The van der Waals surface area contributed by atoms with Crippen molar-refractivity contribution in [3.05, 3.63) is 33.4 Å². The maximum Gasteiger partial charge on any atom is 0.273 e. The van der Waals surface area contributed by atoms with E-state index in [4.69, 9.17) is 0 Å². The number of nitrogens with one attached hydrogen (secondary N) is 1. The Morgan fingerprint density at radius 2 is 2.00 bits per heavy atom. The lowest BCUT2D eigenvalue weighted by molar-refractivity contribution is -0.385. The standard InChI is InChI=1S/C13H16N2O4S/c1-4-5-6-7-14-20(18,19)12-8-10(2)11(3)13(9-12)15(16)17/h8-9,14H,6-7H2,1-3H3. The van der Waals surface area contributed by atoms with Gasteiger partial charge in [0.15, 0.2) is 0 Å². The van der Waals surface area contributed by atoms with Crippen molar-refractivity contribution >= 4 is 15.7 Å². The number of hydrogen-bond donors (Lipinski definition) is 1. The van der Waals surface area contributed by atoms with Crippen LogP contribution in [0.2, 0.25) is 0 Å². The lowest BCUT2D eigenvalue weighted by Gasteiger charge is -2.08. The zero-order chi connectivity index (χ0) is 15.3. The van der Waals surface area contributed by atoms with Gasteiger partial charge < -0.3 is 0 Å². The summed E-state index contributed by atoms with van der Waals surface area (Å²) in [5, 5.41) is 10.9. The molecule has 0 aliphatic rings. The predicted molar refractivity (Wildman–Crippen MR) is 75.8 cm³/mol. The molecule has 0 unspecified atom stereocenters. The molecule has 0 bridgehead atoms. The molecule has 0 saturated heterocycles. The zero-order valence-electron chi connectivity index (χ0n) is 11.6. The van der Waals surface area contributed by atoms with E-state index in [2.05, 4.69) is 16.6 Å². The summed E-state index contributed by atoms with van der Waals surface area (Å²) < 4.78 is 26.5. The number of hydrogen-bond acceptors (Lipinski definition) is 4. The summed E-state index contributed by atoms with van der Waals surface area (Å²) in [5.74, 6) is 5.40. The fourth-order valence-corrected chi connectivity index (χ4v) is 2.75. The van der Waals surface area contributed by atoms with Crippen LogP contribution in [-0.2, 0) is 10.0 Å². The van der Waals surface area contributed by atoms with Crippen molar-refractivity contribution in [1.82, 2.24) is 4.72 Å². The van der Waals surface area contributed by atoms with Gasteiger partial charge in [0.05, 0.1) is 9.82 Å². The number of nitrogens with zero attached hydrogens (tertiary/aromatic N) is 1. The van der Waals surface area contributed by atoms with Crippen LogP contribution in [0.5, 0.6) is 0 Å².